The average Bonchev–Trinajstić information content (AvgIpc) is 2.82. The molecule has 0 aliphatic rings. The van der Waals surface area contributed by atoms with Crippen LogP contribution in [-0.2, 0) is 13.1 Å². The topological polar surface area (TPSA) is 49.3 Å². The molecular formula is C13H11BrFNO2S. The molecule has 0 atom stereocenters. The second kappa shape index (κ2) is 6.27. The van der Waals surface area contributed by atoms with Crippen LogP contribution < -0.4 is 5.32 Å². The van der Waals surface area contributed by atoms with Gasteiger partial charge in [0.1, 0.15) is 5.82 Å². The van der Waals surface area contributed by atoms with Crippen molar-refractivity contribution < 1.29 is 14.3 Å². The Labute approximate surface area is 122 Å². The lowest BCUT2D eigenvalue weighted by molar-refractivity contribution is 0.0697. The fraction of sp³-hybridized carbons (Fsp3) is 0.154. The summed E-state index contributed by atoms with van der Waals surface area (Å²) in [5, 5.41) is 13.5. The summed E-state index contributed by atoms with van der Waals surface area (Å²) in [5.41, 5.74) is 0.861. The highest BCUT2D eigenvalue weighted by Crippen LogP contribution is 2.17. The molecule has 2 N–H and O–H groups in total. The third-order valence-corrected chi connectivity index (χ3v) is 3.95. The molecule has 0 unspecified atom stereocenters. The zero-order valence-corrected chi connectivity index (χ0v) is 12.2. The van der Waals surface area contributed by atoms with Gasteiger partial charge in [0.05, 0.1) is 5.56 Å². The summed E-state index contributed by atoms with van der Waals surface area (Å²) >= 11 is 4.67. The molecule has 1 heterocycles. The number of nitrogens with one attached hydrogen (secondary N) is 1. The lowest BCUT2D eigenvalue weighted by Gasteiger charge is -2.05. The van der Waals surface area contributed by atoms with E-state index in [9.17, 15) is 9.18 Å². The molecule has 6 heteroatoms. The van der Waals surface area contributed by atoms with E-state index < -0.39 is 5.97 Å². The number of benzene rings is 1. The molecule has 3 nitrogen and oxygen atoms in total. The van der Waals surface area contributed by atoms with Gasteiger partial charge in [-0.05, 0) is 24.3 Å². The predicted octanol–water partition coefficient (Wildman–Crippen LogP) is 3.64. The zero-order valence-electron chi connectivity index (χ0n) is 9.82. The Balaban J connectivity index is 1.92. The Morgan fingerprint density at radius 1 is 1.37 bits per heavy atom. The second-order valence-electron chi connectivity index (χ2n) is 3.95. The van der Waals surface area contributed by atoms with Crippen molar-refractivity contribution in [2.75, 3.05) is 0 Å². The van der Waals surface area contributed by atoms with Gasteiger partial charge in [0.15, 0.2) is 0 Å². The van der Waals surface area contributed by atoms with Crippen molar-refractivity contribution >= 4 is 33.2 Å². The number of hydrogen-bond donors (Lipinski definition) is 2. The third kappa shape index (κ3) is 3.86. The molecule has 0 saturated heterocycles. The number of carboxylic acids is 1. The van der Waals surface area contributed by atoms with Gasteiger partial charge in [0.2, 0.25) is 0 Å². The fourth-order valence-electron chi connectivity index (χ4n) is 1.58. The number of aromatic carboxylic acids is 1. The Bertz CT molecular complexity index is 600. The van der Waals surface area contributed by atoms with Crippen LogP contribution >= 0.6 is 27.3 Å². The van der Waals surface area contributed by atoms with Gasteiger partial charge in [-0.15, -0.1) is 11.3 Å². The molecule has 0 bridgehead atoms. The lowest BCUT2D eigenvalue weighted by atomic mass is 10.2. The van der Waals surface area contributed by atoms with Crippen LogP contribution in [0.3, 0.4) is 0 Å². The molecule has 2 aromatic rings. The largest absolute Gasteiger partial charge is 0.478 e. The molecular weight excluding hydrogens is 333 g/mol. The first kappa shape index (κ1) is 14.2. The van der Waals surface area contributed by atoms with E-state index in [1.165, 1.54) is 17.4 Å². The summed E-state index contributed by atoms with van der Waals surface area (Å²) < 4.78 is 14.3. The van der Waals surface area contributed by atoms with Gasteiger partial charge in [-0.2, -0.15) is 0 Å². The number of thiophene rings is 1. The van der Waals surface area contributed by atoms with Gasteiger partial charge in [-0.25, -0.2) is 9.18 Å². The average molecular weight is 344 g/mol. The van der Waals surface area contributed by atoms with Crippen LogP contribution in [0.4, 0.5) is 4.39 Å². The molecule has 0 aliphatic carbocycles. The molecule has 19 heavy (non-hydrogen) atoms. The normalized spacial score (nSPS) is 10.6. The maximum Gasteiger partial charge on any atom is 0.336 e. The van der Waals surface area contributed by atoms with Crippen molar-refractivity contribution in [2.45, 2.75) is 13.1 Å². The van der Waals surface area contributed by atoms with E-state index in [2.05, 4.69) is 21.2 Å². The van der Waals surface area contributed by atoms with Gasteiger partial charge >= 0.3 is 5.97 Å². The number of carboxylic acid groups (broad SMARTS) is 1. The molecule has 0 radical (unpaired) electrons. The van der Waals surface area contributed by atoms with Crippen molar-refractivity contribution in [3.05, 3.63) is 55.9 Å². The number of rotatable bonds is 5. The second-order valence-corrected chi connectivity index (χ2v) is 5.86. The molecule has 0 spiro atoms. The summed E-state index contributed by atoms with van der Waals surface area (Å²) in [7, 11) is 0. The molecule has 0 saturated carbocycles. The Morgan fingerprint density at radius 2 is 2.16 bits per heavy atom. The monoisotopic (exact) mass is 343 g/mol. The quantitative estimate of drug-likeness (QED) is 0.871. The first-order valence-corrected chi connectivity index (χ1v) is 7.19. The van der Waals surface area contributed by atoms with E-state index in [1.807, 2.05) is 0 Å². The zero-order chi connectivity index (χ0) is 13.8. The summed E-state index contributed by atoms with van der Waals surface area (Å²) in [6.07, 6.45) is 0. The van der Waals surface area contributed by atoms with Gasteiger partial charge in [-0.1, -0.05) is 15.9 Å². The predicted molar refractivity (Wildman–Crippen MR) is 75.9 cm³/mol. The SMILES string of the molecule is O=C(O)c1csc(CNCc2cc(Br)ccc2F)c1. The third-order valence-electron chi connectivity index (χ3n) is 2.52. The van der Waals surface area contributed by atoms with E-state index in [0.717, 1.165) is 9.35 Å². The Kier molecular flexibility index (Phi) is 4.68. The van der Waals surface area contributed by atoms with Gasteiger partial charge in [0.25, 0.3) is 0 Å². The van der Waals surface area contributed by atoms with Crippen molar-refractivity contribution in [1.82, 2.24) is 5.32 Å². The van der Waals surface area contributed by atoms with E-state index in [-0.39, 0.29) is 11.4 Å². The Morgan fingerprint density at radius 3 is 2.84 bits per heavy atom. The van der Waals surface area contributed by atoms with Gasteiger partial charge in [0, 0.05) is 33.4 Å². The molecule has 2 rings (SSSR count). The van der Waals surface area contributed by atoms with E-state index in [4.69, 9.17) is 5.11 Å². The van der Waals surface area contributed by atoms with Crippen LogP contribution in [0.5, 0.6) is 0 Å². The minimum absolute atomic E-state index is 0.256. The van der Waals surface area contributed by atoms with Gasteiger partial charge < -0.3 is 10.4 Å². The molecule has 100 valence electrons. The Hall–Kier alpha value is -1.24. The highest BCUT2D eigenvalue weighted by Gasteiger charge is 2.07. The standard InChI is InChI=1S/C13H11BrFNO2S/c14-10-1-2-12(15)8(3-10)5-16-6-11-4-9(7-19-11)13(17)18/h1-4,7,16H,5-6H2,(H,17,18). The lowest BCUT2D eigenvalue weighted by Crippen LogP contribution is -2.13. The smallest absolute Gasteiger partial charge is 0.336 e. The van der Waals surface area contributed by atoms with Gasteiger partial charge in [-0.3, -0.25) is 0 Å². The number of hydrogen-bond acceptors (Lipinski definition) is 3. The molecule has 0 fully saturated rings. The molecule has 0 amide bonds. The van der Waals surface area contributed by atoms with Crippen LogP contribution in [0.1, 0.15) is 20.8 Å². The summed E-state index contributed by atoms with van der Waals surface area (Å²) in [5.74, 6) is -1.19. The minimum atomic E-state index is -0.930. The summed E-state index contributed by atoms with van der Waals surface area (Å²) in [4.78, 5) is 11.6. The van der Waals surface area contributed by atoms with Crippen LogP contribution in [0.2, 0.25) is 0 Å². The maximum absolute atomic E-state index is 13.5. The van der Waals surface area contributed by atoms with Crippen molar-refractivity contribution in [1.29, 1.82) is 0 Å². The first-order chi connectivity index (χ1) is 9.06. The maximum atomic E-state index is 13.5. The van der Waals surface area contributed by atoms with Crippen LogP contribution in [-0.4, -0.2) is 11.1 Å². The molecule has 1 aromatic carbocycles. The number of halogens is 2. The molecule has 1 aromatic heterocycles. The highest BCUT2D eigenvalue weighted by atomic mass is 79.9. The molecule has 0 aliphatic heterocycles. The minimum Gasteiger partial charge on any atom is -0.478 e. The van der Waals surface area contributed by atoms with Crippen LogP contribution in [0.15, 0.2) is 34.1 Å². The van der Waals surface area contributed by atoms with E-state index in [1.54, 1.807) is 23.6 Å². The first-order valence-electron chi connectivity index (χ1n) is 5.51. The summed E-state index contributed by atoms with van der Waals surface area (Å²) in [6.45, 7) is 0.912. The van der Waals surface area contributed by atoms with E-state index >= 15 is 0 Å². The van der Waals surface area contributed by atoms with Crippen molar-refractivity contribution in [3.8, 4) is 0 Å². The van der Waals surface area contributed by atoms with E-state index in [0.29, 0.717) is 18.7 Å². The van der Waals surface area contributed by atoms with Crippen molar-refractivity contribution in [2.24, 2.45) is 0 Å². The highest BCUT2D eigenvalue weighted by molar-refractivity contribution is 9.10. The fourth-order valence-corrected chi connectivity index (χ4v) is 2.82. The van der Waals surface area contributed by atoms with Crippen molar-refractivity contribution in [3.63, 3.8) is 0 Å². The summed E-state index contributed by atoms with van der Waals surface area (Å²) in [6, 6.07) is 6.41. The number of carbonyl (C=O) groups is 1. The van der Waals surface area contributed by atoms with Crippen LogP contribution in [0.25, 0.3) is 0 Å². The van der Waals surface area contributed by atoms with Crippen LogP contribution in [0, 0.1) is 5.82 Å².